The molecule has 0 saturated carbocycles. The molecule has 0 fully saturated rings. The van der Waals surface area contributed by atoms with E-state index in [4.69, 9.17) is 15.2 Å². The Hall–Kier alpha value is -1.52. The van der Waals surface area contributed by atoms with Gasteiger partial charge in [0.15, 0.2) is 0 Å². The van der Waals surface area contributed by atoms with Crippen LogP contribution >= 0.6 is 15.9 Å². The predicted molar refractivity (Wildman–Crippen MR) is 84.2 cm³/mol. The van der Waals surface area contributed by atoms with Gasteiger partial charge in [-0.15, -0.1) is 0 Å². The molecular formula is C16H18BrNO2. The van der Waals surface area contributed by atoms with Crippen LogP contribution in [0.25, 0.3) is 0 Å². The highest BCUT2D eigenvalue weighted by molar-refractivity contribution is 9.10. The molecule has 0 bridgehead atoms. The van der Waals surface area contributed by atoms with Crippen molar-refractivity contribution >= 4 is 15.9 Å². The lowest BCUT2D eigenvalue weighted by Gasteiger charge is -2.14. The van der Waals surface area contributed by atoms with Crippen LogP contribution in [0.2, 0.25) is 0 Å². The largest absolute Gasteiger partial charge is 0.490 e. The fourth-order valence-electron chi connectivity index (χ4n) is 1.83. The van der Waals surface area contributed by atoms with Crippen molar-refractivity contribution in [2.75, 3.05) is 13.2 Å². The number of benzene rings is 2. The summed E-state index contributed by atoms with van der Waals surface area (Å²) in [5.41, 5.74) is 6.93. The summed E-state index contributed by atoms with van der Waals surface area (Å²) in [6.45, 7) is 2.92. The number of rotatable bonds is 6. The highest BCUT2D eigenvalue weighted by atomic mass is 79.9. The molecule has 2 rings (SSSR count). The molecule has 0 aliphatic carbocycles. The molecular weight excluding hydrogens is 318 g/mol. The van der Waals surface area contributed by atoms with Gasteiger partial charge in [0.25, 0.3) is 0 Å². The predicted octanol–water partition coefficient (Wildman–Crippen LogP) is 3.93. The summed E-state index contributed by atoms with van der Waals surface area (Å²) >= 11 is 3.44. The molecule has 4 heteroatoms. The van der Waals surface area contributed by atoms with Gasteiger partial charge in [-0.3, -0.25) is 0 Å². The fourth-order valence-corrected chi connectivity index (χ4v) is 2.21. The summed E-state index contributed by atoms with van der Waals surface area (Å²) in [6, 6.07) is 15.5. The zero-order valence-corrected chi connectivity index (χ0v) is 13.0. The van der Waals surface area contributed by atoms with Crippen LogP contribution in [0.15, 0.2) is 53.0 Å². The first-order chi connectivity index (χ1) is 9.66. The summed E-state index contributed by atoms with van der Waals surface area (Å²) in [7, 11) is 0. The van der Waals surface area contributed by atoms with Gasteiger partial charge < -0.3 is 15.2 Å². The minimum Gasteiger partial charge on any atom is -0.490 e. The smallest absolute Gasteiger partial charge is 0.124 e. The molecule has 0 aliphatic rings. The summed E-state index contributed by atoms with van der Waals surface area (Å²) in [5.74, 6) is 1.65. The fraction of sp³-hybridized carbons (Fsp3) is 0.250. The van der Waals surface area contributed by atoms with Crippen molar-refractivity contribution in [3.63, 3.8) is 0 Å². The third-order valence-electron chi connectivity index (χ3n) is 2.82. The molecule has 0 unspecified atom stereocenters. The summed E-state index contributed by atoms with van der Waals surface area (Å²) in [5, 5.41) is 0. The number of ether oxygens (including phenoxy) is 2. The van der Waals surface area contributed by atoms with E-state index < -0.39 is 0 Å². The highest BCUT2D eigenvalue weighted by Gasteiger charge is 2.08. The molecule has 2 aromatic rings. The van der Waals surface area contributed by atoms with E-state index in [2.05, 4.69) is 15.9 Å². The molecule has 2 N–H and O–H groups in total. The number of hydrogen-bond donors (Lipinski definition) is 1. The van der Waals surface area contributed by atoms with Gasteiger partial charge in [-0.25, -0.2) is 0 Å². The van der Waals surface area contributed by atoms with Crippen molar-refractivity contribution in [1.29, 1.82) is 0 Å². The van der Waals surface area contributed by atoms with Crippen molar-refractivity contribution in [3.05, 3.63) is 58.6 Å². The maximum absolute atomic E-state index is 5.95. The van der Waals surface area contributed by atoms with Crippen molar-refractivity contribution in [2.24, 2.45) is 5.73 Å². The first-order valence-corrected chi connectivity index (χ1v) is 7.32. The van der Waals surface area contributed by atoms with Gasteiger partial charge in [0.1, 0.15) is 24.7 Å². The van der Waals surface area contributed by atoms with Crippen LogP contribution in [0.4, 0.5) is 0 Å². The molecule has 2 aromatic carbocycles. The molecule has 0 heterocycles. The average Bonchev–Trinajstić information content (AvgIpc) is 2.45. The van der Waals surface area contributed by atoms with E-state index in [0.717, 1.165) is 21.5 Å². The van der Waals surface area contributed by atoms with Crippen LogP contribution in [-0.4, -0.2) is 13.2 Å². The lowest BCUT2D eigenvalue weighted by Crippen LogP contribution is -2.12. The van der Waals surface area contributed by atoms with Gasteiger partial charge in [0, 0.05) is 16.1 Å². The molecule has 0 saturated heterocycles. The summed E-state index contributed by atoms with van der Waals surface area (Å²) in [6.07, 6.45) is 0. The van der Waals surface area contributed by atoms with Gasteiger partial charge >= 0.3 is 0 Å². The standard InChI is InChI=1S/C16H18BrNO2/c1-12(18)15-11-13(17)7-8-16(15)20-10-9-19-14-5-3-2-4-6-14/h2-8,11-12H,9-10,18H2,1H3/t12-/m0/s1. The van der Waals surface area contributed by atoms with Crippen molar-refractivity contribution in [2.45, 2.75) is 13.0 Å². The molecule has 0 spiro atoms. The Morgan fingerprint density at radius 3 is 2.45 bits per heavy atom. The summed E-state index contributed by atoms with van der Waals surface area (Å²) in [4.78, 5) is 0. The van der Waals surface area contributed by atoms with Gasteiger partial charge in [-0.05, 0) is 37.3 Å². The Balaban J connectivity index is 1.88. The molecule has 1 atom stereocenters. The van der Waals surface area contributed by atoms with Gasteiger partial charge in [-0.2, -0.15) is 0 Å². The first-order valence-electron chi connectivity index (χ1n) is 6.52. The van der Waals surface area contributed by atoms with Crippen molar-refractivity contribution in [3.8, 4) is 11.5 Å². The molecule has 0 aliphatic heterocycles. The zero-order valence-electron chi connectivity index (χ0n) is 11.4. The maximum Gasteiger partial charge on any atom is 0.124 e. The second-order valence-corrected chi connectivity index (χ2v) is 5.40. The van der Waals surface area contributed by atoms with E-state index in [-0.39, 0.29) is 6.04 Å². The van der Waals surface area contributed by atoms with Gasteiger partial charge in [0.05, 0.1) is 0 Å². The van der Waals surface area contributed by atoms with E-state index in [1.807, 2.05) is 55.5 Å². The Kier molecular flexibility index (Phi) is 5.44. The lowest BCUT2D eigenvalue weighted by molar-refractivity contribution is 0.215. The number of para-hydroxylation sites is 1. The van der Waals surface area contributed by atoms with Crippen LogP contribution < -0.4 is 15.2 Å². The maximum atomic E-state index is 5.95. The molecule has 20 heavy (non-hydrogen) atoms. The third kappa shape index (κ3) is 4.25. The Bertz CT molecular complexity index is 543. The van der Waals surface area contributed by atoms with Crippen molar-refractivity contribution in [1.82, 2.24) is 0 Å². The zero-order chi connectivity index (χ0) is 14.4. The Labute approximate surface area is 127 Å². The third-order valence-corrected chi connectivity index (χ3v) is 3.31. The lowest BCUT2D eigenvalue weighted by atomic mass is 10.1. The van der Waals surface area contributed by atoms with Crippen LogP contribution in [0.1, 0.15) is 18.5 Å². The van der Waals surface area contributed by atoms with Crippen molar-refractivity contribution < 1.29 is 9.47 Å². The SMILES string of the molecule is C[C@H](N)c1cc(Br)ccc1OCCOc1ccccc1. The van der Waals surface area contributed by atoms with E-state index in [1.54, 1.807) is 0 Å². The number of nitrogens with two attached hydrogens (primary N) is 1. The minimum atomic E-state index is -0.0717. The van der Waals surface area contributed by atoms with E-state index >= 15 is 0 Å². The van der Waals surface area contributed by atoms with E-state index in [9.17, 15) is 0 Å². The monoisotopic (exact) mass is 335 g/mol. The molecule has 0 radical (unpaired) electrons. The van der Waals surface area contributed by atoms with Gasteiger partial charge in [0.2, 0.25) is 0 Å². The topological polar surface area (TPSA) is 44.5 Å². The number of halogens is 1. The van der Waals surface area contributed by atoms with Gasteiger partial charge in [-0.1, -0.05) is 34.1 Å². The van der Waals surface area contributed by atoms with Crippen LogP contribution in [0.3, 0.4) is 0 Å². The Morgan fingerprint density at radius 1 is 1.05 bits per heavy atom. The average molecular weight is 336 g/mol. The second-order valence-electron chi connectivity index (χ2n) is 4.48. The van der Waals surface area contributed by atoms with Crippen LogP contribution in [-0.2, 0) is 0 Å². The molecule has 0 amide bonds. The highest BCUT2D eigenvalue weighted by Crippen LogP contribution is 2.27. The van der Waals surface area contributed by atoms with E-state index in [1.165, 1.54) is 0 Å². The molecule has 3 nitrogen and oxygen atoms in total. The van der Waals surface area contributed by atoms with Crippen LogP contribution in [0.5, 0.6) is 11.5 Å². The first kappa shape index (κ1) is 14.9. The van der Waals surface area contributed by atoms with Crippen LogP contribution in [0, 0.1) is 0 Å². The minimum absolute atomic E-state index is 0.0717. The Morgan fingerprint density at radius 2 is 1.75 bits per heavy atom. The quantitative estimate of drug-likeness (QED) is 0.813. The second kappa shape index (κ2) is 7.31. The molecule has 0 aromatic heterocycles. The molecule has 106 valence electrons. The number of hydrogen-bond acceptors (Lipinski definition) is 3. The normalized spacial score (nSPS) is 11.9. The summed E-state index contributed by atoms with van der Waals surface area (Å²) < 4.78 is 12.3. The van der Waals surface area contributed by atoms with E-state index in [0.29, 0.717) is 13.2 Å².